The third-order valence-electron chi connectivity index (χ3n) is 5.08. The molecule has 1 aliphatic rings. The van der Waals surface area contributed by atoms with Gasteiger partial charge in [0, 0.05) is 6.04 Å². The SMILES string of the molecule is CCCCCCCC(CCCCCC)N1CCC[C@@H]1C(=O)O. The highest BCUT2D eigenvalue weighted by atomic mass is 16.4. The Bertz CT molecular complexity index is 293. The molecule has 1 unspecified atom stereocenters. The van der Waals surface area contributed by atoms with Crippen molar-refractivity contribution in [2.45, 2.75) is 109 Å². The van der Waals surface area contributed by atoms with E-state index in [0.717, 1.165) is 19.4 Å². The van der Waals surface area contributed by atoms with Crippen LogP contribution in [0.15, 0.2) is 0 Å². The summed E-state index contributed by atoms with van der Waals surface area (Å²) in [6.07, 6.45) is 16.0. The van der Waals surface area contributed by atoms with Crippen molar-refractivity contribution in [1.29, 1.82) is 0 Å². The number of hydrogen-bond donors (Lipinski definition) is 1. The maximum absolute atomic E-state index is 11.5. The summed E-state index contributed by atoms with van der Waals surface area (Å²) in [5.41, 5.74) is 0. The predicted molar refractivity (Wildman–Crippen MR) is 93.3 cm³/mol. The van der Waals surface area contributed by atoms with E-state index in [-0.39, 0.29) is 6.04 Å². The Balaban J connectivity index is 2.43. The Morgan fingerprint density at radius 1 is 1.00 bits per heavy atom. The fourth-order valence-corrected chi connectivity index (χ4v) is 3.76. The van der Waals surface area contributed by atoms with Gasteiger partial charge in [0.25, 0.3) is 0 Å². The number of carboxylic acid groups (broad SMARTS) is 1. The van der Waals surface area contributed by atoms with Crippen molar-refractivity contribution >= 4 is 5.97 Å². The van der Waals surface area contributed by atoms with Gasteiger partial charge in [0.15, 0.2) is 0 Å². The van der Waals surface area contributed by atoms with Gasteiger partial charge in [-0.25, -0.2) is 0 Å². The van der Waals surface area contributed by atoms with Gasteiger partial charge in [0.2, 0.25) is 0 Å². The largest absolute Gasteiger partial charge is 0.480 e. The minimum absolute atomic E-state index is 0.216. The number of carbonyl (C=O) groups is 1. The number of carboxylic acids is 1. The average molecular weight is 312 g/mol. The van der Waals surface area contributed by atoms with E-state index < -0.39 is 5.97 Å². The zero-order valence-electron chi connectivity index (χ0n) is 14.9. The minimum atomic E-state index is -0.609. The van der Waals surface area contributed by atoms with Crippen molar-refractivity contribution in [3.63, 3.8) is 0 Å². The lowest BCUT2D eigenvalue weighted by atomic mass is 9.98. The molecular weight excluding hydrogens is 274 g/mol. The summed E-state index contributed by atoms with van der Waals surface area (Å²) >= 11 is 0. The molecule has 1 fully saturated rings. The van der Waals surface area contributed by atoms with E-state index in [1.165, 1.54) is 70.6 Å². The summed E-state index contributed by atoms with van der Waals surface area (Å²) in [7, 11) is 0. The van der Waals surface area contributed by atoms with Crippen LogP contribution in [0.4, 0.5) is 0 Å². The number of hydrogen-bond acceptors (Lipinski definition) is 2. The quantitative estimate of drug-likeness (QED) is 0.473. The zero-order chi connectivity index (χ0) is 16.2. The van der Waals surface area contributed by atoms with Crippen LogP contribution in [0, 0.1) is 0 Å². The van der Waals surface area contributed by atoms with E-state index in [1.54, 1.807) is 0 Å². The van der Waals surface area contributed by atoms with Gasteiger partial charge >= 0.3 is 5.97 Å². The Labute approximate surface area is 137 Å². The minimum Gasteiger partial charge on any atom is -0.480 e. The second-order valence-electron chi connectivity index (χ2n) is 6.94. The molecule has 1 N–H and O–H groups in total. The zero-order valence-corrected chi connectivity index (χ0v) is 14.9. The fourth-order valence-electron chi connectivity index (χ4n) is 3.76. The summed E-state index contributed by atoms with van der Waals surface area (Å²) in [5, 5.41) is 9.44. The van der Waals surface area contributed by atoms with Crippen molar-refractivity contribution < 1.29 is 9.90 Å². The molecule has 0 aromatic rings. The normalized spacial score (nSPS) is 20.4. The second kappa shape index (κ2) is 11.9. The van der Waals surface area contributed by atoms with Crippen LogP contribution in [-0.4, -0.2) is 34.6 Å². The Morgan fingerprint density at radius 3 is 2.09 bits per heavy atom. The molecule has 0 aliphatic carbocycles. The van der Waals surface area contributed by atoms with E-state index in [0.29, 0.717) is 6.04 Å². The van der Waals surface area contributed by atoms with Gasteiger partial charge in [-0.05, 0) is 32.2 Å². The van der Waals surface area contributed by atoms with Crippen molar-refractivity contribution in [1.82, 2.24) is 4.90 Å². The van der Waals surface area contributed by atoms with Gasteiger partial charge in [-0.3, -0.25) is 9.69 Å². The molecule has 3 heteroatoms. The summed E-state index contributed by atoms with van der Waals surface area (Å²) < 4.78 is 0. The van der Waals surface area contributed by atoms with Crippen LogP contribution in [0.1, 0.15) is 97.3 Å². The van der Waals surface area contributed by atoms with Gasteiger partial charge in [-0.2, -0.15) is 0 Å². The third-order valence-corrected chi connectivity index (χ3v) is 5.08. The highest BCUT2D eigenvalue weighted by molar-refractivity contribution is 5.73. The van der Waals surface area contributed by atoms with E-state index >= 15 is 0 Å². The van der Waals surface area contributed by atoms with Gasteiger partial charge in [-0.1, -0.05) is 71.6 Å². The van der Waals surface area contributed by atoms with Crippen LogP contribution in [0.3, 0.4) is 0 Å². The van der Waals surface area contributed by atoms with Gasteiger partial charge in [0.1, 0.15) is 6.04 Å². The topological polar surface area (TPSA) is 40.5 Å². The maximum atomic E-state index is 11.5. The van der Waals surface area contributed by atoms with Crippen molar-refractivity contribution in [3.05, 3.63) is 0 Å². The van der Waals surface area contributed by atoms with Gasteiger partial charge < -0.3 is 5.11 Å². The van der Waals surface area contributed by atoms with Gasteiger partial charge in [-0.15, -0.1) is 0 Å². The van der Waals surface area contributed by atoms with Crippen LogP contribution in [0.2, 0.25) is 0 Å². The van der Waals surface area contributed by atoms with E-state index in [2.05, 4.69) is 18.7 Å². The molecule has 2 atom stereocenters. The highest BCUT2D eigenvalue weighted by Crippen LogP contribution is 2.26. The van der Waals surface area contributed by atoms with Crippen LogP contribution < -0.4 is 0 Å². The second-order valence-corrected chi connectivity index (χ2v) is 6.94. The van der Waals surface area contributed by atoms with Crippen LogP contribution in [0.5, 0.6) is 0 Å². The smallest absolute Gasteiger partial charge is 0.320 e. The molecule has 0 saturated carbocycles. The van der Waals surface area contributed by atoms with Crippen molar-refractivity contribution in [2.24, 2.45) is 0 Å². The molecule has 0 bridgehead atoms. The first kappa shape index (κ1) is 19.5. The molecule has 1 heterocycles. The van der Waals surface area contributed by atoms with Crippen molar-refractivity contribution in [3.8, 4) is 0 Å². The first-order valence-corrected chi connectivity index (χ1v) is 9.69. The molecule has 0 spiro atoms. The number of unbranched alkanes of at least 4 members (excludes halogenated alkanes) is 7. The molecule has 3 nitrogen and oxygen atoms in total. The molecule has 22 heavy (non-hydrogen) atoms. The number of nitrogens with zero attached hydrogens (tertiary/aromatic N) is 1. The maximum Gasteiger partial charge on any atom is 0.320 e. The Morgan fingerprint density at radius 2 is 1.55 bits per heavy atom. The van der Waals surface area contributed by atoms with E-state index in [1.807, 2.05) is 0 Å². The molecule has 1 rings (SSSR count). The number of rotatable bonds is 13. The molecule has 0 aromatic heterocycles. The van der Waals surface area contributed by atoms with Crippen molar-refractivity contribution in [2.75, 3.05) is 6.54 Å². The molecule has 0 aromatic carbocycles. The molecule has 130 valence electrons. The lowest BCUT2D eigenvalue weighted by molar-refractivity contribution is -0.143. The van der Waals surface area contributed by atoms with E-state index in [9.17, 15) is 9.90 Å². The lowest BCUT2D eigenvalue weighted by Crippen LogP contribution is -2.43. The first-order valence-electron chi connectivity index (χ1n) is 9.69. The standard InChI is InChI=1S/C19H37NO2/c1-3-5-7-9-11-14-17(13-10-8-6-4-2)20-16-12-15-18(20)19(21)22/h17-18H,3-16H2,1-2H3,(H,21,22)/t17?,18-/m1/s1. The summed E-state index contributed by atoms with van der Waals surface area (Å²) in [6, 6.07) is 0.286. The highest BCUT2D eigenvalue weighted by Gasteiger charge is 2.34. The molecule has 1 saturated heterocycles. The number of likely N-dealkylation sites (tertiary alicyclic amines) is 1. The molecule has 1 aliphatic heterocycles. The van der Waals surface area contributed by atoms with E-state index in [4.69, 9.17) is 0 Å². The van der Waals surface area contributed by atoms with Crippen LogP contribution >= 0.6 is 0 Å². The number of aliphatic carboxylic acids is 1. The summed E-state index contributed by atoms with van der Waals surface area (Å²) in [4.78, 5) is 13.8. The lowest BCUT2D eigenvalue weighted by Gasteiger charge is -2.31. The predicted octanol–water partition coefficient (Wildman–Crippen LogP) is 5.23. The Hall–Kier alpha value is -0.570. The average Bonchev–Trinajstić information content (AvgIpc) is 2.99. The fraction of sp³-hybridized carbons (Fsp3) is 0.947. The first-order chi connectivity index (χ1) is 10.7. The molecule has 0 amide bonds. The van der Waals surface area contributed by atoms with Gasteiger partial charge in [0.05, 0.1) is 0 Å². The third kappa shape index (κ3) is 7.13. The molecule has 0 radical (unpaired) electrons. The Kier molecular flexibility index (Phi) is 10.6. The monoisotopic (exact) mass is 311 g/mol. The summed E-state index contributed by atoms with van der Waals surface area (Å²) in [6.45, 7) is 5.48. The summed E-state index contributed by atoms with van der Waals surface area (Å²) in [5.74, 6) is -0.609. The van der Waals surface area contributed by atoms with Crippen LogP contribution in [0.25, 0.3) is 0 Å². The van der Waals surface area contributed by atoms with Crippen LogP contribution in [-0.2, 0) is 4.79 Å². The molecular formula is C19H37NO2.